The molecule has 1 aromatic rings. The van der Waals surface area contributed by atoms with Crippen LogP contribution in [0.3, 0.4) is 0 Å². The smallest absolute Gasteiger partial charge is 0.191 e. The first kappa shape index (κ1) is 17.0. The summed E-state index contributed by atoms with van der Waals surface area (Å²) >= 11 is 1.83. The Labute approximate surface area is 137 Å². The number of ether oxygens (including phenoxy) is 1. The summed E-state index contributed by atoms with van der Waals surface area (Å²) in [5.74, 6) is 1.93. The largest absolute Gasteiger partial charge is 0.378 e. The van der Waals surface area contributed by atoms with Crippen molar-refractivity contribution in [1.29, 1.82) is 0 Å². The molecule has 1 aromatic carbocycles. The van der Waals surface area contributed by atoms with Gasteiger partial charge in [-0.15, -0.1) is 0 Å². The second-order valence-corrected chi connectivity index (χ2v) is 6.06. The van der Waals surface area contributed by atoms with E-state index in [1.165, 1.54) is 11.3 Å². The summed E-state index contributed by atoms with van der Waals surface area (Å²) in [6.07, 6.45) is 2.11. The van der Waals surface area contributed by atoms with Crippen LogP contribution < -0.4 is 15.5 Å². The topological polar surface area (TPSA) is 48.9 Å². The fourth-order valence-corrected chi connectivity index (χ4v) is 2.75. The van der Waals surface area contributed by atoms with Crippen LogP contribution in [0.4, 0.5) is 5.69 Å². The third kappa shape index (κ3) is 5.10. The van der Waals surface area contributed by atoms with Gasteiger partial charge in [-0.25, -0.2) is 0 Å². The Morgan fingerprint density at radius 2 is 2.05 bits per heavy atom. The first-order valence-corrected chi connectivity index (χ1v) is 9.08. The Kier molecular flexibility index (Phi) is 7.39. The maximum absolute atomic E-state index is 5.44. The Hall–Kier alpha value is -1.40. The third-order valence-corrected chi connectivity index (χ3v) is 4.22. The van der Waals surface area contributed by atoms with Crippen molar-refractivity contribution in [3.63, 3.8) is 0 Å². The molecule has 5 nitrogen and oxygen atoms in total. The highest BCUT2D eigenvalue weighted by Gasteiger charge is 2.14. The minimum atomic E-state index is 0.770. The van der Waals surface area contributed by atoms with Crippen molar-refractivity contribution in [2.45, 2.75) is 6.54 Å². The van der Waals surface area contributed by atoms with Crippen LogP contribution in [-0.2, 0) is 11.3 Å². The van der Waals surface area contributed by atoms with Gasteiger partial charge in [0.05, 0.1) is 13.2 Å². The number of hydrogen-bond acceptors (Lipinski definition) is 4. The van der Waals surface area contributed by atoms with Gasteiger partial charge in [-0.1, -0.05) is 18.2 Å². The van der Waals surface area contributed by atoms with Gasteiger partial charge in [-0.3, -0.25) is 4.99 Å². The first-order chi connectivity index (χ1) is 10.8. The van der Waals surface area contributed by atoms with Crippen LogP contribution in [0.25, 0.3) is 0 Å². The lowest BCUT2D eigenvalue weighted by atomic mass is 10.1. The van der Waals surface area contributed by atoms with Gasteiger partial charge in [-0.05, 0) is 17.9 Å². The van der Waals surface area contributed by atoms with Gasteiger partial charge in [-0.2, -0.15) is 11.8 Å². The number of anilines is 1. The van der Waals surface area contributed by atoms with Gasteiger partial charge in [0.2, 0.25) is 0 Å². The van der Waals surface area contributed by atoms with Crippen molar-refractivity contribution in [1.82, 2.24) is 10.6 Å². The van der Waals surface area contributed by atoms with E-state index in [9.17, 15) is 0 Å². The predicted octanol–water partition coefficient (Wildman–Crippen LogP) is 1.55. The summed E-state index contributed by atoms with van der Waals surface area (Å²) in [6.45, 7) is 5.22. The molecule has 0 bridgehead atoms. The standard InChI is InChI=1S/C16H26N4OS/c1-17-16(18-7-12-22-2)19-13-14-5-3-4-6-15(14)20-8-10-21-11-9-20/h3-6H,7-13H2,1-2H3,(H2,17,18,19). The van der Waals surface area contributed by atoms with Crippen molar-refractivity contribution in [2.24, 2.45) is 4.99 Å². The maximum atomic E-state index is 5.44. The quantitative estimate of drug-likeness (QED) is 0.473. The number of morpholine rings is 1. The minimum absolute atomic E-state index is 0.770. The molecule has 122 valence electrons. The molecule has 1 aliphatic rings. The number of thioether (sulfide) groups is 1. The molecular formula is C16H26N4OS. The molecule has 0 unspecified atom stereocenters. The zero-order chi connectivity index (χ0) is 15.6. The van der Waals surface area contributed by atoms with Crippen LogP contribution in [0, 0.1) is 0 Å². The number of rotatable bonds is 6. The molecule has 0 amide bonds. The summed E-state index contributed by atoms with van der Waals surface area (Å²) < 4.78 is 5.44. The fraction of sp³-hybridized carbons (Fsp3) is 0.562. The average molecular weight is 322 g/mol. The fourth-order valence-electron chi connectivity index (χ4n) is 2.44. The van der Waals surface area contributed by atoms with Gasteiger partial charge < -0.3 is 20.3 Å². The van der Waals surface area contributed by atoms with Crippen LogP contribution in [0.1, 0.15) is 5.56 Å². The highest BCUT2D eigenvalue weighted by molar-refractivity contribution is 7.98. The van der Waals surface area contributed by atoms with Crippen LogP contribution in [-0.4, -0.2) is 57.9 Å². The summed E-state index contributed by atoms with van der Waals surface area (Å²) in [6, 6.07) is 8.55. The summed E-state index contributed by atoms with van der Waals surface area (Å²) in [7, 11) is 1.81. The molecule has 1 fully saturated rings. The van der Waals surface area contributed by atoms with Crippen molar-refractivity contribution in [2.75, 3.05) is 56.8 Å². The summed E-state index contributed by atoms with van der Waals surface area (Å²) in [5.41, 5.74) is 2.58. The van der Waals surface area contributed by atoms with Crippen molar-refractivity contribution >= 4 is 23.4 Å². The molecular weight excluding hydrogens is 296 g/mol. The maximum Gasteiger partial charge on any atom is 0.191 e. The Morgan fingerprint density at radius 3 is 2.77 bits per heavy atom. The molecule has 6 heteroatoms. The first-order valence-electron chi connectivity index (χ1n) is 7.69. The number of aliphatic imine (C=N–C) groups is 1. The molecule has 0 atom stereocenters. The lowest BCUT2D eigenvalue weighted by Crippen LogP contribution is -2.39. The lowest BCUT2D eigenvalue weighted by Gasteiger charge is -2.30. The average Bonchev–Trinajstić information content (AvgIpc) is 2.59. The Balaban J connectivity index is 1.94. The van der Waals surface area contributed by atoms with E-state index in [1.807, 2.05) is 18.8 Å². The van der Waals surface area contributed by atoms with Gasteiger partial charge in [0.25, 0.3) is 0 Å². The van der Waals surface area contributed by atoms with E-state index >= 15 is 0 Å². The van der Waals surface area contributed by atoms with E-state index in [2.05, 4.69) is 51.0 Å². The summed E-state index contributed by atoms with van der Waals surface area (Å²) in [4.78, 5) is 6.66. The second-order valence-electron chi connectivity index (χ2n) is 5.07. The van der Waals surface area contributed by atoms with E-state index in [4.69, 9.17) is 4.74 Å². The molecule has 0 spiro atoms. The minimum Gasteiger partial charge on any atom is -0.378 e. The van der Waals surface area contributed by atoms with Crippen molar-refractivity contribution < 1.29 is 4.74 Å². The molecule has 0 aromatic heterocycles. The van der Waals surface area contributed by atoms with Crippen LogP contribution in [0.5, 0.6) is 0 Å². The van der Waals surface area contributed by atoms with E-state index < -0.39 is 0 Å². The number of para-hydroxylation sites is 1. The number of hydrogen-bond donors (Lipinski definition) is 2. The molecule has 1 aliphatic heterocycles. The van der Waals surface area contributed by atoms with Crippen molar-refractivity contribution in [3.8, 4) is 0 Å². The van der Waals surface area contributed by atoms with E-state index in [0.717, 1.165) is 51.1 Å². The third-order valence-electron chi connectivity index (χ3n) is 3.61. The number of nitrogens with one attached hydrogen (secondary N) is 2. The second kappa shape index (κ2) is 9.58. The van der Waals surface area contributed by atoms with Crippen LogP contribution in [0.15, 0.2) is 29.3 Å². The monoisotopic (exact) mass is 322 g/mol. The van der Waals surface area contributed by atoms with Crippen LogP contribution in [0.2, 0.25) is 0 Å². The molecule has 0 saturated carbocycles. The van der Waals surface area contributed by atoms with E-state index in [1.54, 1.807) is 0 Å². The van der Waals surface area contributed by atoms with E-state index in [0.29, 0.717) is 0 Å². The molecule has 1 saturated heterocycles. The number of guanidine groups is 1. The predicted molar refractivity (Wildman–Crippen MR) is 96.1 cm³/mol. The number of benzene rings is 1. The van der Waals surface area contributed by atoms with Gasteiger partial charge in [0.1, 0.15) is 0 Å². The lowest BCUT2D eigenvalue weighted by molar-refractivity contribution is 0.122. The van der Waals surface area contributed by atoms with Gasteiger partial charge >= 0.3 is 0 Å². The zero-order valence-corrected chi connectivity index (χ0v) is 14.3. The SMILES string of the molecule is CN=C(NCCSC)NCc1ccccc1N1CCOCC1. The van der Waals surface area contributed by atoms with Crippen molar-refractivity contribution in [3.05, 3.63) is 29.8 Å². The van der Waals surface area contributed by atoms with Gasteiger partial charge in [0.15, 0.2) is 5.96 Å². The molecule has 0 aliphatic carbocycles. The molecule has 2 N–H and O–H groups in total. The molecule has 22 heavy (non-hydrogen) atoms. The summed E-state index contributed by atoms with van der Waals surface area (Å²) in [5, 5.41) is 6.72. The van der Waals surface area contributed by atoms with Crippen LogP contribution >= 0.6 is 11.8 Å². The zero-order valence-electron chi connectivity index (χ0n) is 13.5. The van der Waals surface area contributed by atoms with E-state index in [-0.39, 0.29) is 0 Å². The van der Waals surface area contributed by atoms with Gasteiger partial charge in [0, 0.05) is 44.7 Å². The molecule has 2 rings (SSSR count). The Bertz CT molecular complexity index is 475. The normalized spacial score (nSPS) is 15.7. The number of nitrogens with zero attached hydrogens (tertiary/aromatic N) is 2. The molecule has 1 heterocycles. The highest BCUT2D eigenvalue weighted by Crippen LogP contribution is 2.21. The Morgan fingerprint density at radius 1 is 1.27 bits per heavy atom. The molecule has 0 radical (unpaired) electrons. The highest BCUT2D eigenvalue weighted by atomic mass is 32.2.